The summed E-state index contributed by atoms with van der Waals surface area (Å²) in [5.41, 5.74) is -0.296. The highest BCUT2D eigenvalue weighted by molar-refractivity contribution is 5.91. The third-order valence-electron chi connectivity index (χ3n) is 7.02. The Labute approximate surface area is 207 Å². The summed E-state index contributed by atoms with van der Waals surface area (Å²) in [5.74, 6) is -1.26. The van der Waals surface area contributed by atoms with E-state index >= 15 is 0 Å². The Balaban J connectivity index is 3.14. The quantitative estimate of drug-likeness (QED) is 0.427. The fourth-order valence-corrected chi connectivity index (χ4v) is 4.74. The highest BCUT2D eigenvalue weighted by Gasteiger charge is 2.40. The lowest BCUT2D eigenvalue weighted by atomic mass is 9.84. The first-order chi connectivity index (χ1) is 15.7. The van der Waals surface area contributed by atoms with Crippen molar-refractivity contribution in [2.75, 3.05) is 13.6 Å². The minimum Gasteiger partial charge on any atom is -0.478 e. The van der Waals surface area contributed by atoms with E-state index in [1.807, 2.05) is 34.6 Å². The fraction of sp³-hybridized carbons (Fsp3) is 0.815. The number of aliphatic carboxylic acids is 1. The molecule has 1 rings (SSSR count). The smallest absolute Gasteiger partial charge is 0.331 e. The highest BCUT2D eigenvalue weighted by atomic mass is 16.4. The van der Waals surface area contributed by atoms with Crippen molar-refractivity contribution >= 4 is 17.8 Å². The number of carboxylic acid groups (broad SMARTS) is 1. The van der Waals surface area contributed by atoms with Gasteiger partial charge in [0.2, 0.25) is 11.8 Å². The molecule has 2 N–H and O–H groups in total. The van der Waals surface area contributed by atoms with E-state index in [1.165, 1.54) is 6.92 Å². The fourth-order valence-electron chi connectivity index (χ4n) is 4.74. The van der Waals surface area contributed by atoms with E-state index in [0.29, 0.717) is 6.04 Å². The number of carboxylic acids is 1. The molecule has 0 aromatic carbocycles. The highest BCUT2D eigenvalue weighted by Crippen LogP contribution is 2.26. The van der Waals surface area contributed by atoms with Gasteiger partial charge >= 0.3 is 5.97 Å². The van der Waals surface area contributed by atoms with Crippen molar-refractivity contribution in [3.8, 4) is 0 Å². The predicted molar refractivity (Wildman–Crippen MR) is 138 cm³/mol. The second-order valence-corrected chi connectivity index (χ2v) is 11.4. The largest absolute Gasteiger partial charge is 0.478 e. The van der Waals surface area contributed by atoms with Gasteiger partial charge in [-0.05, 0) is 51.0 Å². The van der Waals surface area contributed by atoms with Gasteiger partial charge in [-0.2, -0.15) is 0 Å². The molecule has 0 aromatic heterocycles. The lowest BCUT2D eigenvalue weighted by molar-refractivity contribution is -0.142. The normalized spacial score (nSPS) is 20.5. The number of hydrogen-bond donors (Lipinski definition) is 2. The van der Waals surface area contributed by atoms with Crippen molar-refractivity contribution in [2.45, 2.75) is 118 Å². The van der Waals surface area contributed by atoms with Crippen LogP contribution in [0.2, 0.25) is 0 Å². The van der Waals surface area contributed by atoms with Gasteiger partial charge in [0.1, 0.15) is 6.04 Å². The first kappa shape index (κ1) is 30.1. The number of nitrogens with one attached hydrogen (secondary N) is 1. The molecule has 1 aliphatic heterocycles. The van der Waals surface area contributed by atoms with Crippen LogP contribution < -0.4 is 5.32 Å². The number of unbranched alkanes of at least 4 members (excludes halogenated alkanes) is 1. The number of rotatable bonds is 11. The zero-order valence-electron chi connectivity index (χ0n) is 23.0. The number of piperidine rings is 1. The molecule has 7 nitrogen and oxygen atoms in total. The maximum Gasteiger partial charge on any atom is 0.331 e. The zero-order chi connectivity index (χ0) is 26.2. The minimum atomic E-state index is -0.998. The average molecular weight is 480 g/mol. The Morgan fingerprint density at radius 1 is 1.18 bits per heavy atom. The van der Waals surface area contributed by atoms with Gasteiger partial charge in [0.25, 0.3) is 0 Å². The van der Waals surface area contributed by atoms with Crippen LogP contribution in [0, 0.1) is 11.3 Å². The molecular weight excluding hydrogens is 430 g/mol. The summed E-state index contributed by atoms with van der Waals surface area (Å²) in [5, 5.41) is 12.4. The van der Waals surface area contributed by atoms with Gasteiger partial charge in [-0.3, -0.25) is 14.5 Å². The van der Waals surface area contributed by atoms with Crippen LogP contribution in [0.3, 0.4) is 0 Å². The monoisotopic (exact) mass is 479 g/mol. The summed E-state index contributed by atoms with van der Waals surface area (Å²) in [6.07, 6.45) is 7.88. The number of likely N-dealkylation sites (N-methyl/N-ethyl adjacent to an activating group) is 1. The molecule has 4 atom stereocenters. The number of amides is 2. The van der Waals surface area contributed by atoms with Crippen molar-refractivity contribution in [1.82, 2.24) is 15.1 Å². The topological polar surface area (TPSA) is 90.0 Å². The molecule has 1 aliphatic rings. The van der Waals surface area contributed by atoms with E-state index in [4.69, 9.17) is 0 Å². The van der Waals surface area contributed by atoms with E-state index in [0.717, 1.165) is 45.1 Å². The Hall–Kier alpha value is -1.89. The molecule has 0 aliphatic carbocycles. The van der Waals surface area contributed by atoms with E-state index in [1.54, 1.807) is 18.0 Å². The van der Waals surface area contributed by atoms with Crippen LogP contribution >= 0.6 is 0 Å². The SMILES string of the molecule is CCCCC(C)N1CCCCC1C(=O)NC(C(=O)N(C)[C@H](/C=C(\C)C(=O)O)C(C)C)C(C)(C)C. The molecule has 3 unspecified atom stereocenters. The van der Waals surface area contributed by atoms with Crippen LogP contribution in [0.25, 0.3) is 0 Å². The summed E-state index contributed by atoms with van der Waals surface area (Å²) in [6, 6.07) is -0.986. The number of carbonyl (C=O) groups excluding carboxylic acids is 2. The lowest BCUT2D eigenvalue weighted by Gasteiger charge is -2.41. The number of hydrogen-bond acceptors (Lipinski definition) is 4. The molecule has 0 aromatic rings. The maximum atomic E-state index is 13.7. The predicted octanol–water partition coefficient (Wildman–Crippen LogP) is 4.46. The van der Waals surface area contributed by atoms with Gasteiger partial charge in [-0.25, -0.2) is 4.79 Å². The molecule has 1 fully saturated rings. The molecule has 0 spiro atoms. The van der Waals surface area contributed by atoms with E-state index in [-0.39, 0.29) is 35.4 Å². The van der Waals surface area contributed by atoms with Gasteiger partial charge in [-0.1, -0.05) is 66.9 Å². The summed E-state index contributed by atoms with van der Waals surface area (Å²) in [4.78, 5) is 42.5. The molecule has 2 amide bonds. The molecule has 0 radical (unpaired) electrons. The molecule has 0 saturated carbocycles. The molecule has 0 bridgehead atoms. The molecule has 7 heteroatoms. The second-order valence-electron chi connectivity index (χ2n) is 11.4. The van der Waals surface area contributed by atoms with Crippen LogP contribution in [0.15, 0.2) is 11.6 Å². The maximum absolute atomic E-state index is 13.7. The Kier molecular flexibility index (Phi) is 11.8. The van der Waals surface area contributed by atoms with Gasteiger partial charge < -0.3 is 15.3 Å². The molecule has 1 saturated heterocycles. The number of nitrogens with zero attached hydrogens (tertiary/aromatic N) is 2. The standard InChI is InChI=1S/C27H49N3O4/c1-10-11-14-20(5)30-16-13-12-15-21(30)24(31)28-23(27(6,7)8)25(32)29(9)22(18(2)3)17-19(4)26(33)34/h17-18,20-23H,10-16H2,1-9H3,(H,28,31)(H,33,34)/b19-17+/t20?,21?,22-,23?/m1/s1. The summed E-state index contributed by atoms with van der Waals surface area (Å²) in [6.45, 7) is 16.6. The average Bonchev–Trinajstić information content (AvgIpc) is 2.76. The second kappa shape index (κ2) is 13.3. The molecule has 34 heavy (non-hydrogen) atoms. The van der Waals surface area contributed by atoms with Gasteiger partial charge in [0, 0.05) is 18.7 Å². The van der Waals surface area contributed by atoms with Crippen molar-refractivity contribution in [2.24, 2.45) is 11.3 Å². The summed E-state index contributed by atoms with van der Waals surface area (Å²) in [7, 11) is 1.70. The molecule has 1 heterocycles. The van der Waals surface area contributed by atoms with Gasteiger partial charge in [0.15, 0.2) is 0 Å². The third-order valence-corrected chi connectivity index (χ3v) is 7.02. The number of carbonyl (C=O) groups is 3. The lowest BCUT2D eigenvalue weighted by Crippen LogP contribution is -2.60. The van der Waals surface area contributed by atoms with Crippen LogP contribution in [-0.2, 0) is 14.4 Å². The Morgan fingerprint density at radius 3 is 2.29 bits per heavy atom. The Morgan fingerprint density at radius 2 is 1.79 bits per heavy atom. The Bertz CT molecular complexity index is 726. The van der Waals surface area contributed by atoms with E-state index < -0.39 is 17.4 Å². The van der Waals surface area contributed by atoms with E-state index in [2.05, 4.69) is 24.1 Å². The van der Waals surface area contributed by atoms with Crippen LogP contribution in [0.5, 0.6) is 0 Å². The third kappa shape index (κ3) is 8.40. The first-order valence-electron chi connectivity index (χ1n) is 13.0. The molecule has 196 valence electrons. The van der Waals surface area contributed by atoms with Crippen LogP contribution in [-0.4, -0.2) is 70.4 Å². The number of likely N-dealkylation sites (tertiary alicyclic amines) is 1. The summed E-state index contributed by atoms with van der Waals surface area (Å²) >= 11 is 0. The zero-order valence-corrected chi connectivity index (χ0v) is 23.0. The van der Waals surface area contributed by atoms with Crippen LogP contribution in [0.1, 0.15) is 93.9 Å². The first-order valence-corrected chi connectivity index (χ1v) is 13.0. The van der Waals surface area contributed by atoms with Crippen molar-refractivity contribution in [3.05, 3.63) is 11.6 Å². The minimum absolute atomic E-state index is 0.0211. The summed E-state index contributed by atoms with van der Waals surface area (Å²) < 4.78 is 0. The van der Waals surface area contributed by atoms with Crippen molar-refractivity contribution in [1.29, 1.82) is 0 Å². The van der Waals surface area contributed by atoms with Gasteiger partial charge in [-0.15, -0.1) is 0 Å². The van der Waals surface area contributed by atoms with Crippen molar-refractivity contribution < 1.29 is 19.5 Å². The van der Waals surface area contributed by atoms with E-state index in [9.17, 15) is 19.5 Å². The molecular formula is C27H49N3O4. The van der Waals surface area contributed by atoms with Gasteiger partial charge in [0.05, 0.1) is 12.1 Å². The van der Waals surface area contributed by atoms with Crippen LogP contribution in [0.4, 0.5) is 0 Å². The van der Waals surface area contributed by atoms with Crippen molar-refractivity contribution in [3.63, 3.8) is 0 Å².